The number of hydrogen-bond donors (Lipinski definition) is 0. The van der Waals surface area contributed by atoms with Crippen molar-refractivity contribution in [3.63, 3.8) is 0 Å². The zero-order valence-electron chi connectivity index (χ0n) is 14.1. The standard InChI is InChI=1S/C18H25N5/c1-3-11-22(12-4-2)18-20-17(14-19-21-18)23-13-7-9-15-8-5-6-10-16(15)23/h5-6,8,10,14H,3-4,7,9,11-13H2,1-2H3. The van der Waals surface area contributed by atoms with Crippen LogP contribution in [-0.2, 0) is 6.42 Å². The minimum atomic E-state index is 0.745. The van der Waals surface area contributed by atoms with E-state index in [4.69, 9.17) is 4.98 Å². The van der Waals surface area contributed by atoms with E-state index in [9.17, 15) is 0 Å². The van der Waals surface area contributed by atoms with Gasteiger partial charge in [-0.1, -0.05) is 32.0 Å². The van der Waals surface area contributed by atoms with Crippen LogP contribution in [0.2, 0.25) is 0 Å². The minimum absolute atomic E-state index is 0.745. The molecule has 23 heavy (non-hydrogen) atoms. The van der Waals surface area contributed by atoms with Crippen molar-refractivity contribution in [1.82, 2.24) is 15.2 Å². The molecule has 0 amide bonds. The molecule has 0 radical (unpaired) electrons. The average Bonchev–Trinajstić information content (AvgIpc) is 2.61. The molecule has 0 aliphatic carbocycles. The molecule has 0 bridgehead atoms. The van der Waals surface area contributed by atoms with Crippen LogP contribution in [0.25, 0.3) is 0 Å². The number of nitrogens with zero attached hydrogens (tertiary/aromatic N) is 5. The summed E-state index contributed by atoms with van der Waals surface area (Å²) in [6.07, 6.45) is 6.22. The highest BCUT2D eigenvalue weighted by molar-refractivity contribution is 5.65. The number of benzene rings is 1. The van der Waals surface area contributed by atoms with Crippen molar-refractivity contribution in [1.29, 1.82) is 0 Å². The van der Waals surface area contributed by atoms with Gasteiger partial charge in [0.25, 0.3) is 0 Å². The van der Waals surface area contributed by atoms with E-state index in [1.54, 1.807) is 6.20 Å². The van der Waals surface area contributed by atoms with Gasteiger partial charge in [-0.2, -0.15) is 10.1 Å². The van der Waals surface area contributed by atoms with Gasteiger partial charge in [-0.3, -0.25) is 0 Å². The van der Waals surface area contributed by atoms with Gasteiger partial charge in [-0.25, -0.2) is 0 Å². The van der Waals surface area contributed by atoms with Crippen LogP contribution in [0.4, 0.5) is 17.5 Å². The Kier molecular flexibility index (Phi) is 5.05. The minimum Gasteiger partial charge on any atom is -0.339 e. The maximum Gasteiger partial charge on any atom is 0.247 e. The zero-order valence-corrected chi connectivity index (χ0v) is 14.1. The van der Waals surface area contributed by atoms with Crippen LogP contribution in [0.15, 0.2) is 30.5 Å². The van der Waals surface area contributed by atoms with Gasteiger partial charge >= 0.3 is 0 Å². The summed E-state index contributed by atoms with van der Waals surface area (Å²) in [5.41, 5.74) is 2.64. The number of para-hydroxylation sites is 1. The van der Waals surface area contributed by atoms with Crippen LogP contribution in [-0.4, -0.2) is 34.8 Å². The molecule has 0 spiro atoms. The first-order valence-electron chi connectivity index (χ1n) is 8.63. The molecular formula is C18H25N5. The van der Waals surface area contributed by atoms with Crippen molar-refractivity contribution >= 4 is 17.5 Å². The molecule has 0 unspecified atom stereocenters. The third-order valence-electron chi connectivity index (χ3n) is 4.19. The van der Waals surface area contributed by atoms with Gasteiger partial charge in [-0.05, 0) is 37.3 Å². The molecule has 1 aliphatic heterocycles. The molecule has 1 aromatic heterocycles. The fourth-order valence-corrected chi connectivity index (χ4v) is 3.17. The Balaban J connectivity index is 1.91. The Morgan fingerprint density at radius 1 is 1.13 bits per heavy atom. The summed E-state index contributed by atoms with van der Waals surface area (Å²) in [5, 5.41) is 8.49. The predicted octanol–water partition coefficient (Wildman–Crippen LogP) is 3.58. The molecule has 0 atom stereocenters. The summed E-state index contributed by atoms with van der Waals surface area (Å²) in [7, 11) is 0. The molecule has 3 rings (SSSR count). The van der Waals surface area contributed by atoms with Crippen molar-refractivity contribution in [2.75, 3.05) is 29.4 Å². The van der Waals surface area contributed by atoms with Gasteiger partial charge in [-0.15, -0.1) is 5.10 Å². The molecule has 0 saturated heterocycles. The van der Waals surface area contributed by atoms with Gasteiger partial charge in [0.05, 0.1) is 6.20 Å². The molecule has 5 heteroatoms. The topological polar surface area (TPSA) is 45.2 Å². The average molecular weight is 311 g/mol. The van der Waals surface area contributed by atoms with Crippen LogP contribution < -0.4 is 9.80 Å². The molecule has 1 aliphatic rings. The van der Waals surface area contributed by atoms with Gasteiger partial charge in [0.15, 0.2) is 5.82 Å². The highest BCUT2D eigenvalue weighted by Crippen LogP contribution is 2.32. The van der Waals surface area contributed by atoms with Crippen molar-refractivity contribution in [2.24, 2.45) is 0 Å². The van der Waals surface area contributed by atoms with E-state index in [1.165, 1.54) is 11.3 Å². The van der Waals surface area contributed by atoms with E-state index in [0.717, 1.165) is 57.1 Å². The second kappa shape index (κ2) is 7.40. The summed E-state index contributed by atoms with van der Waals surface area (Å²) >= 11 is 0. The van der Waals surface area contributed by atoms with Gasteiger partial charge < -0.3 is 9.80 Å². The highest BCUT2D eigenvalue weighted by Gasteiger charge is 2.20. The van der Waals surface area contributed by atoms with Crippen molar-refractivity contribution in [2.45, 2.75) is 39.5 Å². The zero-order chi connectivity index (χ0) is 16.1. The lowest BCUT2D eigenvalue weighted by atomic mass is 10.0. The number of rotatable bonds is 6. The molecule has 0 saturated carbocycles. The summed E-state index contributed by atoms with van der Waals surface area (Å²) < 4.78 is 0. The summed E-state index contributed by atoms with van der Waals surface area (Å²) in [6.45, 7) is 7.28. The Morgan fingerprint density at radius 2 is 1.91 bits per heavy atom. The Bertz CT molecular complexity index is 637. The predicted molar refractivity (Wildman–Crippen MR) is 94.4 cm³/mol. The fraction of sp³-hybridized carbons (Fsp3) is 0.500. The first kappa shape index (κ1) is 15.7. The Hall–Kier alpha value is -2.17. The SMILES string of the molecule is CCCN(CCC)c1nncc(N2CCCc3ccccc32)n1. The first-order valence-corrected chi connectivity index (χ1v) is 8.63. The van der Waals surface area contributed by atoms with E-state index in [2.05, 4.69) is 58.1 Å². The maximum absolute atomic E-state index is 4.81. The largest absolute Gasteiger partial charge is 0.339 e. The molecule has 0 fully saturated rings. The molecule has 2 heterocycles. The van der Waals surface area contributed by atoms with E-state index < -0.39 is 0 Å². The number of aromatic nitrogens is 3. The Labute approximate surface area is 138 Å². The van der Waals surface area contributed by atoms with Crippen LogP contribution >= 0.6 is 0 Å². The van der Waals surface area contributed by atoms with Gasteiger partial charge in [0, 0.05) is 25.3 Å². The second-order valence-corrected chi connectivity index (χ2v) is 5.99. The normalized spacial score (nSPS) is 13.7. The lowest BCUT2D eigenvalue weighted by Gasteiger charge is -2.30. The summed E-state index contributed by atoms with van der Waals surface area (Å²) in [4.78, 5) is 9.31. The first-order chi connectivity index (χ1) is 11.3. The molecule has 0 N–H and O–H groups in total. The number of fused-ring (bicyclic) bond motifs is 1. The monoisotopic (exact) mass is 311 g/mol. The third kappa shape index (κ3) is 3.44. The number of hydrogen-bond acceptors (Lipinski definition) is 5. The van der Waals surface area contributed by atoms with Crippen molar-refractivity contribution in [3.8, 4) is 0 Å². The van der Waals surface area contributed by atoms with Gasteiger partial charge in [0.2, 0.25) is 5.95 Å². The molecule has 2 aromatic rings. The van der Waals surface area contributed by atoms with E-state index in [0.29, 0.717) is 0 Å². The van der Waals surface area contributed by atoms with Crippen LogP contribution in [0, 0.1) is 0 Å². The van der Waals surface area contributed by atoms with E-state index in [1.807, 2.05) is 0 Å². The van der Waals surface area contributed by atoms with E-state index in [-0.39, 0.29) is 0 Å². The van der Waals surface area contributed by atoms with Crippen LogP contribution in [0.5, 0.6) is 0 Å². The fourth-order valence-electron chi connectivity index (χ4n) is 3.17. The second-order valence-electron chi connectivity index (χ2n) is 5.99. The van der Waals surface area contributed by atoms with Crippen molar-refractivity contribution in [3.05, 3.63) is 36.0 Å². The smallest absolute Gasteiger partial charge is 0.247 e. The van der Waals surface area contributed by atoms with E-state index >= 15 is 0 Å². The summed E-state index contributed by atoms with van der Waals surface area (Å²) in [6, 6.07) is 8.58. The number of aryl methyl sites for hydroxylation is 1. The lowest BCUT2D eigenvalue weighted by molar-refractivity contribution is 0.703. The highest BCUT2D eigenvalue weighted by atomic mass is 15.3. The summed E-state index contributed by atoms with van der Waals surface area (Å²) in [5.74, 6) is 1.65. The third-order valence-corrected chi connectivity index (χ3v) is 4.19. The van der Waals surface area contributed by atoms with Crippen molar-refractivity contribution < 1.29 is 0 Å². The maximum atomic E-state index is 4.81. The quantitative estimate of drug-likeness (QED) is 0.816. The van der Waals surface area contributed by atoms with Crippen LogP contribution in [0.3, 0.4) is 0 Å². The number of anilines is 3. The molecule has 1 aromatic carbocycles. The van der Waals surface area contributed by atoms with Crippen LogP contribution in [0.1, 0.15) is 38.7 Å². The Morgan fingerprint density at radius 3 is 2.70 bits per heavy atom. The van der Waals surface area contributed by atoms with Gasteiger partial charge in [0.1, 0.15) is 0 Å². The molecular weight excluding hydrogens is 286 g/mol. The molecule has 122 valence electrons. The lowest BCUT2D eigenvalue weighted by Crippen LogP contribution is -2.29. The molecule has 5 nitrogen and oxygen atoms in total.